The van der Waals surface area contributed by atoms with Gasteiger partial charge in [0.2, 0.25) is 0 Å². The van der Waals surface area contributed by atoms with Crippen LogP contribution in [0.4, 0.5) is 10.5 Å². The molecule has 0 spiro atoms. The maximum Gasteiger partial charge on any atom is 0.322 e. The molecule has 4 atom stereocenters. The van der Waals surface area contributed by atoms with E-state index in [4.69, 9.17) is 5.26 Å². The number of hydrogen-bond donors (Lipinski definition) is 2. The van der Waals surface area contributed by atoms with Crippen LogP contribution in [0.5, 0.6) is 0 Å². The van der Waals surface area contributed by atoms with E-state index in [1.165, 1.54) is 5.56 Å². The number of nitriles is 1. The average Bonchev–Trinajstić information content (AvgIpc) is 3.20. The quantitative estimate of drug-likeness (QED) is 0.880. The third-order valence-corrected chi connectivity index (χ3v) is 5.84. The molecule has 2 N–H and O–H groups in total. The number of carbonyl (C=O) groups is 1. The van der Waals surface area contributed by atoms with Crippen molar-refractivity contribution in [2.75, 3.05) is 11.9 Å². The molecule has 1 heterocycles. The third kappa shape index (κ3) is 3.67. The lowest BCUT2D eigenvalue weighted by molar-refractivity contribution is 0.150. The van der Waals surface area contributed by atoms with Crippen molar-refractivity contribution in [1.82, 2.24) is 4.90 Å². The van der Waals surface area contributed by atoms with Crippen molar-refractivity contribution in [3.63, 3.8) is 0 Å². The molecule has 5 heteroatoms. The second-order valence-electron chi connectivity index (χ2n) is 7.58. The summed E-state index contributed by atoms with van der Waals surface area (Å²) >= 11 is 0. The molecule has 4 unspecified atom stereocenters. The lowest BCUT2D eigenvalue weighted by Crippen LogP contribution is -2.42. The topological polar surface area (TPSA) is 76.4 Å². The van der Waals surface area contributed by atoms with Gasteiger partial charge in [0.1, 0.15) is 0 Å². The van der Waals surface area contributed by atoms with Gasteiger partial charge in [-0.15, -0.1) is 0 Å². The van der Waals surface area contributed by atoms with E-state index in [1.54, 1.807) is 24.3 Å². The second kappa shape index (κ2) is 7.42. The standard InChI is InChI=1S/C22H23N3O2/c23-13-16-7-4-8-18(9-16)24-22(27)25-14-17-11-19(26)12-20(17)21(25)10-15-5-2-1-3-6-15/h1-9,17,19-21,26H,10-12,14H2,(H,24,27). The predicted octanol–water partition coefficient (Wildman–Crippen LogP) is 3.40. The summed E-state index contributed by atoms with van der Waals surface area (Å²) in [5.41, 5.74) is 2.36. The Morgan fingerprint density at radius 3 is 2.78 bits per heavy atom. The van der Waals surface area contributed by atoms with E-state index in [0.717, 1.165) is 19.3 Å². The van der Waals surface area contributed by atoms with E-state index >= 15 is 0 Å². The van der Waals surface area contributed by atoms with E-state index in [0.29, 0.717) is 29.6 Å². The largest absolute Gasteiger partial charge is 0.393 e. The number of anilines is 1. The number of fused-ring (bicyclic) bond motifs is 1. The molecule has 5 nitrogen and oxygen atoms in total. The molecule has 0 radical (unpaired) electrons. The van der Waals surface area contributed by atoms with Gasteiger partial charge in [-0.05, 0) is 54.9 Å². The van der Waals surface area contributed by atoms with Crippen LogP contribution >= 0.6 is 0 Å². The Bertz CT molecular complexity index is 861. The summed E-state index contributed by atoms with van der Waals surface area (Å²) in [5, 5.41) is 22.1. The normalized spacial score (nSPS) is 26.4. The first-order valence-electron chi connectivity index (χ1n) is 9.44. The number of nitrogens with one attached hydrogen (secondary N) is 1. The molecular formula is C22H23N3O2. The minimum Gasteiger partial charge on any atom is -0.393 e. The van der Waals surface area contributed by atoms with Crippen molar-refractivity contribution in [1.29, 1.82) is 5.26 Å². The summed E-state index contributed by atoms with van der Waals surface area (Å²) in [6.07, 6.45) is 2.07. The van der Waals surface area contributed by atoms with E-state index in [-0.39, 0.29) is 18.2 Å². The molecule has 138 valence electrons. The van der Waals surface area contributed by atoms with Gasteiger partial charge in [0.15, 0.2) is 0 Å². The Labute approximate surface area is 159 Å². The number of aliphatic hydroxyl groups is 1. The summed E-state index contributed by atoms with van der Waals surface area (Å²) < 4.78 is 0. The number of hydrogen-bond acceptors (Lipinski definition) is 3. The van der Waals surface area contributed by atoms with Crippen molar-refractivity contribution < 1.29 is 9.90 Å². The van der Waals surface area contributed by atoms with Gasteiger partial charge in [0.05, 0.1) is 17.7 Å². The highest BCUT2D eigenvalue weighted by molar-refractivity contribution is 5.90. The van der Waals surface area contributed by atoms with Gasteiger partial charge in [-0.25, -0.2) is 4.79 Å². The molecule has 1 saturated heterocycles. The Kier molecular flexibility index (Phi) is 4.83. The van der Waals surface area contributed by atoms with Crippen LogP contribution in [-0.2, 0) is 6.42 Å². The van der Waals surface area contributed by atoms with Crippen LogP contribution < -0.4 is 5.32 Å². The lowest BCUT2D eigenvalue weighted by atomic mass is 9.90. The molecule has 27 heavy (non-hydrogen) atoms. The summed E-state index contributed by atoms with van der Waals surface area (Å²) in [5.74, 6) is 0.682. The van der Waals surface area contributed by atoms with Crippen LogP contribution in [0.3, 0.4) is 0 Å². The highest BCUT2D eigenvalue weighted by Gasteiger charge is 2.48. The molecule has 4 rings (SSSR count). The fourth-order valence-electron chi connectivity index (χ4n) is 4.64. The van der Waals surface area contributed by atoms with E-state index < -0.39 is 0 Å². The number of amides is 2. The first kappa shape index (κ1) is 17.6. The van der Waals surface area contributed by atoms with Gasteiger partial charge >= 0.3 is 6.03 Å². The van der Waals surface area contributed by atoms with Crippen LogP contribution in [0.15, 0.2) is 54.6 Å². The van der Waals surface area contributed by atoms with Gasteiger partial charge < -0.3 is 15.3 Å². The third-order valence-electron chi connectivity index (χ3n) is 5.84. The Morgan fingerprint density at radius 2 is 2.00 bits per heavy atom. The van der Waals surface area contributed by atoms with Crippen molar-refractivity contribution >= 4 is 11.7 Å². The second-order valence-corrected chi connectivity index (χ2v) is 7.58. The Morgan fingerprint density at radius 1 is 1.19 bits per heavy atom. The molecular weight excluding hydrogens is 338 g/mol. The maximum absolute atomic E-state index is 13.0. The number of aliphatic hydroxyl groups excluding tert-OH is 1. The lowest BCUT2D eigenvalue weighted by Gasteiger charge is -2.29. The van der Waals surface area contributed by atoms with E-state index in [1.807, 2.05) is 23.1 Å². The first-order valence-corrected chi connectivity index (χ1v) is 9.44. The number of rotatable bonds is 3. The fourth-order valence-corrected chi connectivity index (χ4v) is 4.64. The maximum atomic E-state index is 13.0. The van der Waals surface area contributed by atoms with Gasteiger partial charge in [-0.1, -0.05) is 36.4 Å². The number of likely N-dealkylation sites (tertiary alicyclic amines) is 1. The zero-order valence-corrected chi connectivity index (χ0v) is 15.1. The molecule has 1 saturated carbocycles. The van der Waals surface area contributed by atoms with Crippen LogP contribution in [-0.4, -0.2) is 34.7 Å². The van der Waals surface area contributed by atoms with Gasteiger partial charge in [-0.2, -0.15) is 5.26 Å². The van der Waals surface area contributed by atoms with Gasteiger partial charge in [0.25, 0.3) is 0 Å². The molecule has 1 aliphatic carbocycles. The van der Waals surface area contributed by atoms with E-state index in [9.17, 15) is 9.90 Å². The highest BCUT2D eigenvalue weighted by atomic mass is 16.3. The minimum absolute atomic E-state index is 0.0775. The SMILES string of the molecule is N#Cc1cccc(NC(=O)N2CC3CC(O)CC3C2Cc2ccccc2)c1. The molecule has 2 aliphatic rings. The summed E-state index contributed by atoms with van der Waals surface area (Å²) in [6.45, 7) is 0.670. The van der Waals surface area contributed by atoms with Gasteiger partial charge in [-0.3, -0.25) is 0 Å². The molecule has 0 bridgehead atoms. The Hall–Kier alpha value is -2.84. The summed E-state index contributed by atoms with van der Waals surface area (Å²) in [6, 6.07) is 19.2. The zero-order chi connectivity index (χ0) is 18.8. The number of nitrogens with zero attached hydrogens (tertiary/aromatic N) is 2. The highest BCUT2D eigenvalue weighted by Crippen LogP contribution is 2.43. The average molecular weight is 361 g/mol. The minimum atomic E-state index is -0.254. The molecule has 2 fully saturated rings. The summed E-state index contributed by atoms with van der Waals surface area (Å²) in [7, 11) is 0. The molecule has 0 aromatic heterocycles. The molecule has 1 aliphatic heterocycles. The number of carbonyl (C=O) groups excluding carboxylic acids is 1. The Balaban J connectivity index is 1.54. The van der Waals surface area contributed by atoms with Gasteiger partial charge in [0, 0.05) is 18.3 Å². The monoisotopic (exact) mass is 361 g/mol. The fraction of sp³-hybridized carbons (Fsp3) is 0.364. The van der Waals surface area contributed by atoms with Crippen molar-refractivity contribution in [2.24, 2.45) is 11.8 Å². The summed E-state index contributed by atoms with van der Waals surface area (Å²) in [4.78, 5) is 14.9. The smallest absolute Gasteiger partial charge is 0.322 e. The van der Waals surface area contributed by atoms with Crippen LogP contribution in [0.25, 0.3) is 0 Å². The van der Waals surface area contributed by atoms with E-state index in [2.05, 4.69) is 23.5 Å². The van der Waals surface area contributed by atoms with Crippen LogP contribution in [0, 0.1) is 23.2 Å². The predicted molar refractivity (Wildman–Crippen MR) is 103 cm³/mol. The van der Waals surface area contributed by atoms with Crippen molar-refractivity contribution in [2.45, 2.75) is 31.4 Å². The zero-order valence-electron chi connectivity index (χ0n) is 15.1. The molecule has 2 aromatic carbocycles. The van der Waals surface area contributed by atoms with Crippen molar-refractivity contribution in [3.05, 3.63) is 65.7 Å². The number of urea groups is 1. The molecule has 2 amide bonds. The number of benzene rings is 2. The molecule has 2 aromatic rings. The van der Waals surface area contributed by atoms with Crippen LogP contribution in [0.2, 0.25) is 0 Å². The van der Waals surface area contributed by atoms with Crippen molar-refractivity contribution in [3.8, 4) is 6.07 Å². The first-order chi connectivity index (χ1) is 13.1. The van der Waals surface area contributed by atoms with Crippen LogP contribution in [0.1, 0.15) is 24.0 Å².